The van der Waals surface area contributed by atoms with Gasteiger partial charge in [0, 0.05) is 40.7 Å². The smallest absolute Gasteiger partial charge is 0.287 e. The number of hydrogen-bond donors (Lipinski definition) is 3. The number of aromatic amines is 2. The van der Waals surface area contributed by atoms with Gasteiger partial charge in [-0.1, -0.05) is 13.0 Å². The second-order valence-electron chi connectivity index (χ2n) is 7.74. The summed E-state index contributed by atoms with van der Waals surface area (Å²) >= 11 is 0. The molecule has 32 heavy (non-hydrogen) atoms. The zero-order valence-electron chi connectivity index (χ0n) is 18.1. The molecule has 0 spiro atoms. The third-order valence-electron chi connectivity index (χ3n) is 5.47. The van der Waals surface area contributed by atoms with Gasteiger partial charge in [-0.15, -0.1) is 0 Å². The van der Waals surface area contributed by atoms with Crippen LogP contribution in [0.15, 0.2) is 51.7 Å². The fourth-order valence-electron chi connectivity index (χ4n) is 3.77. The number of imidazole rings is 1. The maximum absolute atomic E-state index is 12.5. The minimum absolute atomic E-state index is 0.267. The van der Waals surface area contributed by atoms with Gasteiger partial charge >= 0.3 is 0 Å². The molecule has 0 fully saturated rings. The van der Waals surface area contributed by atoms with Crippen molar-refractivity contribution < 1.29 is 13.6 Å². The fraction of sp³-hybridized carbons (Fsp3) is 0.208. The Kier molecular flexibility index (Phi) is 4.89. The summed E-state index contributed by atoms with van der Waals surface area (Å²) in [5, 5.41) is 3.85. The van der Waals surface area contributed by atoms with Crippen molar-refractivity contribution in [2.45, 2.75) is 33.7 Å². The summed E-state index contributed by atoms with van der Waals surface area (Å²) in [5.41, 5.74) is 6.09. The van der Waals surface area contributed by atoms with E-state index in [0.29, 0.717) is 12.4 Å². The zero-order valence-corrected chi connectivity index (χ0v) is 18.1. The quantitative estimate of drug-likeness (QED) is 0.355. The van der Waals surface area contributed by atoms with Crippen LogP contribution in [0.4, 0.5) is 0 Å². The highest BCUT2D eigenvalue weighted by molar-refractivity contribution is 5.92. The van der Waals surface area contributed by atoms with Crippen LogP contribution < -0.4 is 5.32 Å². The van der Waals surface area contributed by atoms with Crippen LogP contribution in [0.25, 0.3) is 33.7 Å². The number of aromatic nitrogens is 4. The largest absolute Gasteiger partial charge is 0.472 e. The Morgan fingerprint density at radius 3 is 2.75 bits per heavy atom. The molecule has 0 saturated heterocycles. The number of fused-ring (bicyclic) bond motifs is 1. The van der Waals surface area contributed by atoms with Crippen molar-refractivity contribution in [3.63, 3.8) is 0 Å². The Labute approximate surface area is 184 Å². The second-order valence-corrected chi connectivity index (χ2v) is 7.74. The van der Waals surface area contributed by atoms with E-state index in [2.05, 4.69) is 25.3 Å². The predicted octanol–water partition coefficient (Wildman–Crippen LogP) is 4.92. The van der Waals surface area contributed by atoms with E-state index in [-0.39, 0.29) is 11.7 Å². The van der Waals surface area contributed by atoms with E-state index in [9.17, 15) is 4.79 Å². The number of furan rings is 1. The van der Waals surface area contributed by atoms with Gasteiger partial charge < -0.3 is 24.1 Å². The molecule has 0 saturated carbocycles. The van der Waals surface area contributed by atoms with Gasteiger partial charge in [-0.05, 0) is 38.1 Å². The Hall–Kier alpha value is -4.07. The third kappa shape index (κ3) is 3.60. The number of hydrogen-bond acceptors (Lipinski definition) is 5. The summed E-state index contributed by atoms with van der Waals surface area (Å²) in [6, 6.07) is 9.85. The minimum Gasteiger partial charge on any atom is -0.472 e. The minimum atomic E-state index is -0.267. The molecule has 5 aromatic rings. The Balaban J connectivity index is 1.41. The van der Waals surface area contributed by atoms with Crippen LogP contribution in [0.3, 0.4) is 0 Å². The van der Waals surface area contributed by atoms with Crippen LogP contribution >= 0.6 is 0 Å². The summed E-state index contributed by atoms with van der Waals surface area (Å²) in [6.07, 6.45) is 3.98. The van der Waals surface area contributed by atoms with Gasteiger partial charge in [0.25, 0.3) is 5.91 Å². The fourth-order valence-corrected chi connectivity index (χ4v) is 3.77. The maximum Gasteiger partial charge on any atom is 0.287 e. The summed E-state index contributed by atoms with van der Waals surface area (Å²) in [6.45, 7) is 6.29. The summed E-state index contributed by atoms with van der Waals surface area (Å²) in [4.78, 5) is 28.0. The lowest BCUT2D eigenvalue weighted by molar-refractivity contribution is 0.0941. The van der Waals surface area contributed by atoms with Crippen LogP contribution in [-0.4, -0.2) is 25.8 Å². The van der Waals surface area contributed by atoms with Crippen molar-refractivity contribution in [3.8, 4) is 22.8 Å². The van der Waals surface area contributed by atoms with Crippen molar-refractivity contribution in [3.05, 3.63) is 71.4 Å². The highest BCUT2D eigenvalue weighted by atomic mass is 16.4. The van der Waals surface area contributed by atoms with Gasteiger partial charge in [-0.3, -0.25) is 4.79 Å². The first-order chi connectivity index (χ1) is 15.5. The van der Waals surface area contributed by atoms with Crippen LogP contribution in [0.1, 0.15) is 40.3 Å². The lowest BCUT2D eigenvalue weighted by Crippen LogP contribution is -2.23. The van der Waals surface area contributed by atoms with Gasteiger partial charge in [0.15, 0.2) is 5.82 Å². The number of carbonyl (C=O) groups excluding carboxylic acids is 1. The zero-order chi connectivity index (χ0) is 22.2. The maximum atomic E-state index is 12.5. The predicted molar refractivity (Wildman–Crippen MR) is 120 cm³/mol. The van der Waals surface area contributed by atoms with Gasteiger partial charge in [0.2, 0.25) is 5.89 Å². The normalized spacial score (nSPS) is 11.3. The first kappa shape index (κ1) is 19.9. The van der Waals surface area contributed by atoms with Crippen molar-refractivity contribution in [1.29, 1.82) is 0 Å². The monoisotopic (exact) mass is 429 g/mol. The van der Waals surface area contributed by atoms with E-state index < -0.39 is 0 Å². The average Bonchev–Trinajstić information content (AvgIpc) is 3.57. The highest BCUT2D eigenvalue weighted by Crippen LogP contribution is 2.30. The first-order valence-corrected chi connectivity index (χ1v) is 10.5. The standard InChI is InChI=1S/C24H23N5O3/c1-4-20-13(2)27-24(32-20)19-10-17-9-16(5-6-18(17)28-19)21-14(3)26-22(29-21)23(30)25-11-15-7-8-31-12-15/h5-10,12,28H,4,11H2,1-3H3,(H,25,30)(H,26,29). The molecule has 5 rings (SSSR count). The topological polar surface area (TPSA) is 113 Å². The van der Waals surface area contributed by atoms with E-state index in [0.717, 1.165) is 57.0 Å². The number of nitrogens with one attached hydrogen (secondary N) is 3. The van der Waals surface area contributed by atoms with Crippen LogP contribution in [0.5, 0.6) is 0 Å². The molecule has 0 aliphatic heterocycles. The lowest BCUT2D eigenvalue weighted by atomic mass is 10.1. The van der Waals surface area contributed by atoms with E-state index in [1.807, 2.05) is 51.1 Å². The number of aryl methyl sites for hydroxylation is 3. The van der Waals surface area contributed by atoms with Gasteiger partial charge in [-0.2, -0.15) is 0 Å². The summed E-state index contributed by atoms with van der Waals surface area (Å²) in [7, 11) is 0. The Bertz CT molecular complexity index is 1410. The molecule has 162 valence electrons. The highest BCUT2D eigenvalue weighted by Gasteiger charge is 2.17. The van der Waals surface area contributed by atoms with Gasteiger partial charge in [-0.25, -0.2) is 9.97 Å². The van der Waals surface area contributed by atoms with Crippen molar-refractivity contribution in [1.82, 2.24) is 25.3 Å². The average molecular weight is 429 g/mol. The number of rotatable bonds is 6. The second kappa shape index (κ2) is 7.88. The molecule has 1 aromatic carbocycles. The third-order valence-corrected chi connectivity index (χ3v) is 5.47. The van der Waals surface area contributed by atoms with E-state index >= 15 is 0 Å². The molecular formula is C24H23N5O3. The number of benzene rings is 1. The molecule has 3 N–H and O–H groups in total. The molecule has 1 amide bonds. The number of amides is 1. The van der Waals surface area contributed by atoms with Crippen LogP contribution in [0, 0.1) is 13.8 Å². The summed E-state index contributed by atoms with van der Waals surface area (Å²) in [5.74, 6) is 1.49. The molecule has 4 heterocycles. The van der Waals surface area contributed by atoms with E-state index in [4.69, 9.17) is 8.83 Å². The molecule has 0 unspecified atom stereocenters. The van der Waals surface area contributed by atoms with Crippen LogP contribution in [-0.2, 0) is 13.0 Å². The SMILES string of the molecule is CCc1oc(-c2cc3cc(-c4nc(C(=O)NCc5ccoc5)[nH]c4C)ccc3[nH]2)nc1C. The summed E-state index contributed by atoms with van der Waals surface area (Å²) < 4.78 is 10.9. The molecule has 8 heteroatoms. The molecule has 0 aliphatic rings. The van der Waals surface area contributed by atoms with Crippen molar-refractivity contribution in [2.24, 2.45) is 0 Å². The number of carbonyl (C=O) groups is 1. The Morgan fingerprint density at radius 2 is 2.00 bits per heavy atom. The molecule has 0 bridgehead atoms. The first-order valence-electron chi connectivity index (χ1n) is 10.5. The molecule has 0 radical (unpaired) electrons. The van der Waals surface area contributed by atoms with Gasteiger partial charge in [0.1, 0.15) is 11.5 Å². The molecule has 0 aliphatic carbocycles. The Morgan fingerprint density at radius 1 is 1.12 bits per heavy atom. The number of H-pyrrole nitrogens is 2. The van der Waals surface area contributed by atoms with E-state index in [1.165, 1.54) is 0 Å². The van der Waals surface area contributed by atoms with E-state index in [1.54, 1.807) is 12.5 Å². The van der Waals surface area contributed by atoms with Crippen LogP contribution in [0.2, 0.25) is 0 Å². The molecule has 4 aromatic heterocycles. The number of oxazole rings is 1. The lowest BCUT2D eigenvalue weighted by Gasteiger charge is -2.00. The molecular weight excluding hydrogens is 406 g/mol. The van der Waals surface area contributed by atoms with Crippen molar-refractivity contribution in [2.75, 3.05) is 0 Å². The van der Waals surface area contributed by atoms with Gasteiger partial charge in [0.05, 0.1) is 23.9 Å². The molecule has 0 atom stereocenters. The van der Waals surface area contributed by atoms with Crippen molar-refractivity contribution >= 4 is 16.8 Å². The molecule has 8 nitrogen and oxygen atoms in total. The number of nitrogens with zero attached hydrogens (tertiary/aromatic N) is 2.